The first kappa shape index (κ1) is 15.1. The lowest BCUT2D eigenvalue weighted by Crippen LogP contribution is -2.26. The number of nitrogens with zero attached hydrogens (tertiary/aromatic N) is 2. The van der Waals surface area contributed by atoms with Crippen molar-refractivity contribution in [1.82, 2.24) is 4.90 Å². The molecule has 0 saturated carbocycles. The summed E-state index contributed by atoms with van der Waals surface area (Å²) in [6.45, 7) is 2.33. The Kier molecular flexibility index (Phi) is 5.01. The van der Waals surface area contributed by atoms with E-state index in [1.165, 1.54) is 16.7 Å². The van der Waals surface area contributed by atoms with Gasteiger partial charge in [-0.2, -0.15) is 5.26 Å². The largest absolute Gasteiger partial charge is 0.457 e. The molecule has 0 aromatic heterocycles. The number of hydrogen-bond donors (Lipinski definition) is 0. The van der Waals surface area contributed by atoms with Gasteiger partial charge in [-0.25, -0.2) is 4.79 Å². The smallest absolute Gasteiger partial charge is 0.351 e. The van der Waals surface area contributed by atoms with Crippen LogP contribution in [0, 0.1) is 11.3 Å². The number of rotatable bonds is 4. The highest BCUT2D eigenvalue weighted by atomic mass is 32.2. The third-order valence-electron chi connectivity index (χ3n) is 2.94. The zero-order chi connectivity index (χ0) is 15.2. The molecule has 21 heavy (non-hydrogen) atoms. The van der Waals surface area contributed by atoms with Crippen molar-refractivity contribution >= 4 is 23.6 Å². The van der Waals surface area contributed by atoms with E-state index >= 15 is 0 Å². The van der Waals surface area contributed by atoms with Gasteiger partial charge in [0.05, 0.1) is 5.75 Å². The molecule has 1 heterocycles. The monoisotopic (exact) mass is 302 g/mol. The number of ether oxygens (including phenoxy) is 1. The van der Waals surface area contributed by atoms with Gasteiger partial charge in [0, 0.05) is 6.54 Å². The third kappa shape index (κ3) is 3.44. The molecule has 0 atom stereocenters. The number of hydrogen-bond acceptors (Lipinski definition) is 5. The van der Waals surface area contributed by atoms with Crippen LogP contribution in [0.1, 0.15) is 12.5 Å². The van der Waals surface area contributed by atoms with Crippen LogP contribution in [0.2, 0.25) is 0 Å². The molecule has 108 valence electrons. The van der Waals surface area contributed by atoms with E-state index < -0.39 is 5.97 Å². The minimum Gasteiger partial charge on any atom is -0.457 e. The Balaban J connectivity index is 2.12. The summed E-state index contributed by atoms with van der Waals surface area (Å²) in [7, 11) is 0. The van der Waals surface area contributed by atoms with Crippen molar-refractivity contribution in [2.24, 2.45) is 0 Å². The molecule has 1 saturated heterocycles. The number of benzene rings is 1. The number of carbonyl (C=O) groups is 2. The Labute approximate surface area is 127 Å². The molecule has 0 N–H and O–H groups in total. The molecule has 5 nitrogen and oxygen atoms in total. The highest BCUT2D eigenvalue weighted by Crippen LogP contribution is 2.31. The average molecular weight is 302 g/mol. The molecule has 1 aliphatic rings. The summed E-state index contributed by atoms with van der Waals surface area (Å²) in [5, 5.41) is 9.59. The highest BCUT2D eigenvalue weighted by Gasteiger charge is 2.31. The summed E-state index contributed by atoms with van der Waals surface area (Å²) in [6, 6.07) is 11.1. The zero-order valence-electron chi connectivity index (χ0n) is 11.5. The maximum Gasteiger partial charge on any atom is 0.351 e. The van der Waals surface area contributed by atoms with E-state index in [1.807, 2.05) is 36.4 Å². The standard InChI is InChI=1S/C15H14N2O3S/c1-2-17-13(18)10-21-14(17)12(8-16)15(19)20-9-11-6-4-3-5-7-11/h3-7H,2,9-10H2,1H3. The molecule has 1 aromatic rings. The van der Waals surface area contributed by atoms with E-state index in [1.54, 1.807) is 6.92 Å². The fraction of sp³-hybridized carbons (Fsp3) is 0.267. The van der Waals surface area contributed by atoms with Crippen LogP contribution in [0.3, 0.4) is 0 Å². The summed E-state index contributed by atoms with van der Waals surface area (Å²) in [5.74, 6) is -0.543. The summed E-state index contributed by atoms with van der Waals surface area (Å²) >= 11 is 1.20. The summed E-state index contributed by atoms with van der Waals surface area (Å²) in [5.41, 5.74) is 0.735. The maximum atomic E-state index is 12.0. The molecule has 0 aliphatic carbocycles. The van der Waals surface area contributed by atoms with Crippen LogP contribution in [0.15, 0.2) is 40.9 Å². The van der Waals surface area contributed by atoms with Gasteiger partial charge in [0.15, 0.2) is 5.57 Å². The van der Waals surface area contributed by atoms with Gasteiger partial charge >= 0.3 is 5.97 Å². The molecule has 0 unspecified atom stereocenters. The summed E-state index contributed by atoms with van der Waals surface area (Å²) in [6.07, 6.45) is 0. The lowest BCUT2D eigenvalue weighted by atomic mass is 10.2. The topological polar surface area (TPSA) is 70.4 Å². The predicted octanol–water partition coefficient (Wildman–Crippen LogP) is 2.06. The molecule has 0 bridgehead atoms. The number of thioether (sulfide) groups is 1. The van der Waals surface area contributed by atoms with Crippen molar-refractivity contribution in [2.75, 3.05) is 12.3 Å². The summed E-state index contributed by atoms with van der Waals surface area (Å²) < 4.78 is 5.15. The molecular weight excluding hydrogens is 288 g/mol. The first-order valence-corrected chi connectivity index (χ1v) is 7.44. The first-order valence-electron chi connectivity index (χ1n) is 6.46. The normalized spacial score (nSPS) is 16.6. The molecule has 1 fully saturated rings. The molecule has 2 rings (SSSR count). The Morgan fingerprint density at radius 2 is 2.14 bits per heavy atom. The predicted molar refractivity (Wildman–Crippen MR) is 78.7 cm³/mol. The Hall–Kier alpha value is -2.26. The minimum absolute atomic E-state index is 0.0962. The lowest BCUT2D eigenvalue weighted by Gasteiger charge is -2.15. The Morgan fingerprint density at radius 3 is 2.76 bits per heavy atom. The van der Waals surface area contributed by atoms with Gasteiger partial charge in [-0.05, 0) is 12.5 Å². The molecule has 1 amide bonds. The molecule has 1 aromatic carbocycles. The van der Waals surface area contributed by atoms with Gasteiger partial charge in [0.2, 0.25) is 5.91 Å². The van der Waals surface area contributed by atoms with E-state index in [0.29, 0.717) is 11.6 Å². The van der Waals surface area contributed by atoms with Crippen molar-refractivity contribution in [1.29, 1.82) is 5.26 Å². The van der Waals surface area contributed by atoms with E-state index in [4.69, 9.17) is 4.74 Å². The van der Waals surface area contributed by atoms with Crippen LogP contribution >= 0.6 is 11.8 Å². The second-order valence-electron chi connectivity index (χ2n) is 4.28. The van der Waals surface area contributed by atoms with Gasteiger partial charge in [-0.1, -0.05) is 42.1 Å². The molecule has 6 heteroatoms. The molecular formula is C15H14N2O3S. The van der Waals surface area contributed by atoms with Crippen LogP contribution in [0.5, 0.6) is 0 Å². The lowest BCUT2D eigenvalue weighted by molar-refractivity contribution is -0.139. The SMILES string of the molecule is CCN1C(=O)CSC1=C(C#N)C(=O)OCc1ccccc1. The van der Waals surface area contributed by atoms with Crippen LogP contribution in [0.25, 0.3) is 0 Å². The average Bonchev–Trinajstić information content (AvgIpc) is 2.88. The number of nitriles is 1. The van der Waals surface area contributed by atoms with Crippen molar-refractivity contribution < 1.29 is 14.3 Å². The quantitative estimate of drug-likeness (QED) is 0.484. The van der Waals surface area contributed by atoms with E-state index in [0.717, 1.165) is 5.56 Å². The van der Waals surface area contributed by atoms with Crippen molar-refractivity contribution in [3.05, 3.63) is 46.5 Å². The van der Waals surface area contributed by atoms with Crippen LogP contribution in [-0.2, 0) is 20.9 Å². The maximum absolute atomic E-state index is 12.0. The third-order valence-corrected chi connectivity index (χ3v) is 4.03. The van der Waals surface area contributed by atoms with Gasteiger partial charge < -0.3 is 9.64 Å². The van der Waals surface area contributed by atoms with E-state index in [9.17, 15) is 14.9 Å². The van der Waals surface area contributed by atoms with E-state index in [-0.39, 0.29) is 23.8 Å². The Morgan fingerprint density at radius 1 is 1.43 bits per heavy atom. The fourth-order valence-electron chi connectivity index (χ4n) is 1.90. The number of esters is 1. The molecule has 0 spiro atoms. The van der Waals surface area contributed by atoms with Crippen molar-refractivity contribution in [3.8, 4) is 6.07 Å². The molecule has 1 aliphatic heterocycles. The van der Waals surface area contributed by atoms with Crippen LogP contribution in [0.4, 0.5) is 0 Å². The highest BCUT2D eigenvalue weighted by molar-refractivity contribution is 8.04. The van der Waals surface area contributed by atoms with Crippen molar-refractivity contribution in [3.63, 3.8) is 0 Å². The Bertz CT molecular complexity index is 620. The van der Waals surface area contributed by atoms with Crippen LogP contribution in [-0.4, -0.2) is 29.1 Å². The van der Waals surface area contributed by atoms with Crippen molar-refractivity contribution in [2.45, 2.75) is 13.5 Å². The van der Waals surface area contributed by atoms with Gasteiger partial charge in [0.25, 0.3) is 0 Å². The minimum atomic E-state index is -0.697. The molecule has 0 radical (unpaired) electrons. The van der Waals surface area contributed by atoms with Gasteiger partial charge in [-0.3, -0.25) is 4.79 Å². The number of amides is 1. The first-order chi connectivity index (χ1) is 10.2. The summed E-state index contributed by atoms with van der Waals surface area (Å²) in [4.78, 5) is 25.1. The van der Waals surface area contributed by atoms with Gasteiger partial charge in [-0.15, -0.1) is 0 Å². The zero-order valence-corrected chi connectivity index (χ0v) is 12.4. The van der Waals surface area contributed by atoms with Gasteiger partial charge in [0.1, 0.15) is 17.7 Å². The second kappa shape index (κ2) is 6.95. The van der Waals surface area contributed by atoms with E-state index in [2.05, 4.69) is 0 Å². The van der Waals surface area contributed by atoms with Crippen LogP contribution < -0.4 is 0 Å². The second-order valence-corrected chi connectivity index (χ2v) is 5.24. The number of carbonyl (C=O) groups excluding carboxylic acids is 2. The fourth-order valence-corrected chi connectivity index (χ4v) is 2.98.